The van der Waals surface area contributed by atoms with E-state index in [1.54, 1.807) is 0 Å². The van der Waals surface area contributed by atoms with Crippen LogP contribution in [0.5, 0.6) is 17.2 Å². The Morgan fingerprint density at radius 3 is 1.64 bits per heavy atom. The summed E-state index contributed by atoms with van der Waals surface area (Å²) in [5.74, 6) is 1.94. The van der Waals surface area contributed by atoms with E-state index in [1.165, 1.54) is 5.56 Å². The van der Waals surface area contributed by atoms with Crippen molar-refractivity contribution in [1.82, 2.24) is 0 Å². The largest absolute Gasteiger partial charge is 0.493 e. The van der Waals surface area contributed by atoms with Gasteiger partial charge in [-0.2, -0.15) is 0 Å². The maximum Gasteiger partial charge on any atom is 0.161 e. The van der Waals surface area contributed by atoms with E-state index in [0.717, 1.165) is 29.7 Å². The van der Waals surface area contributed by atoms with Crippen LogP contribution in [0.3, 0.4) is 0 Å². The van der Waals surface area contributed by atoms with Crippen LogP contribution in [0.25, 0.3) is 0 Å². The average Bonchev–Trinajstić information content (AvgIpc) is 2.87. The van der Waals surface area contributed by atoms with E-state index in [0.29, 0.717) is 24.5 Å². The highest BCUT2D eigenvalue weighted by atomic mass is 16.5. The fraction of sp³-hybridized carbons (Fsp3) is 0.636. The van der Waals surface area contributed by atoms with Crippen LogP contribution in [0.1, 0.15) is 91.3 Å². The number of ether oxygens (including phenoxy) is 3. The number of hydrogen-bond acceptors (Lipinski definition) is 6. The number of hydrogen-bond donors (Lipinski definition) is 3. The predicted molar refractivity (Wildman–Crippen MR) is 158 cm³/mol. The summed E-state index contributed by atoms with van der Waals surface area (Å²) in [5.41, 5.74) is 2.45. The molecule has 2 aromatic carbocycles. The van der Waals surface area contributed by atoms with E-state index in [2.05, 4.69) is 32.0 Å². The minimum absolute atomic E-state index is 0.109. The Balaban J connectivity index is 2.49. The Morgan fingerprint density at radius 2 is 1.18 bits per heavy atom. The molecule has 0 saturated heterocycles. The molecule has 3 N–H and O–H groups in total. The van der Waals surface area contributed by atoms with Gasteiger partial charge in [-0.1, -0.05) is 73.6 Å². The molecule has 2 atom stereocenters. The van der Waals surface area contributed by atoms with Gasteiger partial charge >= 0.3 is 0 Å². The number of aliphatic hydroxyl groups excluding tert-OH is 3. The Kier molecular flexibility index (Phi) is 11.7. The number of aliphatic hydroxyl groups is 3. The summed E-state index contributed by atoms with van der Waals surface area (Å²) in [6, 6.07) is 12.4. The highest BCUT2D eigenvalue weighted by Crippen LogP contribution is 2.43. The molecule has 220 valence electrons. The molecular formula is C33H52O6. The summed E-state index contributed by atoms with van der Waals surface area (Å²) in [6.07, 6.45) is 1.05. The van der Waals surface area contributed by atoms with Crippen molar-refractivity contribution in [3.05, 3.63) is 53.1 Å². The van der Waals surface area contributed by atoms with Crippen molar-refractivity contribution in [3.63, 3.8) is 0 Å². The molecule has 0 heterocycles. The van der Waals surface area contributed by atoms with Gasteiger partial charge in [0.25, 0.3) is 0 Å². The van der Waals surface area contributed by atoms with Gasteiger partial charge in [0, 0.05) is 18.4 Å². The van der Waals surface area contributed by atoms with E-state index in [1.807, 2.05) is 66.7 Å². The smallest absolute Gasteiger partial charge is 0.161 e. The quantitative estimate of drug-likeness (QED) is 0.237. The summed E-state index contributed by atoms with van der Waals surface area (Å²) in [7, 11) is 0. The van der Waals surface area contributed by atoms with Gasteiger partial charge in [-0.15, -0.1) is 0 Å². The Hall–Kier alpha value is -2.28. The molecule has 0 aromatic heterocycles. The van der Waals surface area contributed by atoms with Crippen molar-refractivity contribution in [3.8, 4) is 17.2 Å². The van der Waals surface area contributed by atoms with Crippen LogP contribution >= 0.6 is 0 Å². The number of benzene rings is 2. The second-order valence-electron chi connectivity index (χ2n) is 12.7. The molecule has 0 aliphatic rings. The zero-order valence-corrected chi connectivity index (χ0v) is 25.6. The van der Waals surface area contributed by atoms with E-state index in [9.17, 15) is 10.2 Å². The molecule has 0 amide bonds. The molecular weight excluding hydrogens is 492 g/mol. The third kappa shape index (κ3) is 8.60. The van der Waals surface area contributed by atoms with Crippen LogP contribution < -0.4 is 14.2 Å². The fourth-order valence-corrected chi connectivity index (χ4v) is 4.46. The summed E-state index contributed by atoms with van der Waals surface area (Å²) in [4.78, 5) is 0. The Labute approximate surface area is 236 Å². The lowest BCUT2D eigenvalue weighted by atomic mass is 9.70. The van der Waals surface area contributed by atoms with Crippen LogP contribution in [-0.2, 0) is 5.41 Å². The van der Waals surface area contributed by atoms with Gasteiger partial charge in [0.2, 0.25) is 0 Å². The summed E-state index contributed by atoms with van der Waals surface area (Å²) in [6.45, 7) is 19.2. The first kappa shape index (κ1) is 32.9. The zero-order valence-electron chi connectivity index (χ0n) is 25.6. The van der Waals surface area contributed by atoms with Crippen LogP contribution in [0.4, 0.5) is 0 Å². The molecule has 0 spiro atoms. The molecule has 0 fully saturated rings. The van der Waals surface area contributed by atoms with E-state index in [-0.39, 0.29) is 36.1 Å². The molecule has 0 radical (unpaired) electrons. The molecule has 6 heteroatoms. The lowest BCUT2D eigenvalue weighted by Crippen LogP contribution is -2.33. The van der Waals surface area contributed by atoms with Gasteiger partial charge in [-0.3, -0.25) is 0 Å². The van der Waals surface area contributed by atoms with Gasteiger partial charge in [0.1, 0.15) is 19.0 Å². The fourth-order valence-electron chi connectivity index (χ4n) is 4.46. The van der Waals surface area contributed by atoms with Gasteiger partial charge < -0.3 is 29.5 Å². The molecule has 0 aliphatic carbocycles. The number of rotatable bonds is 14. The van der Waals surface area contributed by atoms with Crippen molar-refractivity contribution in [2.75, 3.05) is 26.4 Å². The van der Waals surface area contributed by atoms with Crippen LogP contribution in [-0.4, -0.2) is 54.0 Å². The molecule has 2 rings (SSSR count). The highest BCUT2D eigenvalue weighted by Gasteiger charge is 2.33. The van der Waals surface area contributed by atoms with Crippen molar-refractivity contribution in [1.29, 1.82) is 0 Å². The Morgan fingerprint density at radius 1 is 0.692 bits per heavy atom. The van der Waals surface area contributed by atoms with Crippen LogP contribution in [0.15, 0.2) is 36.4 Å². The maximum absolute atomic E-state index is 10.7. The monoisotopic (exact) mass is 544 g/mol. The third-order valence-electron chi connectivity index (χ3n) is 7.78. The highest BCUT2D eigenvalue weighted by molar-refractivity contribution is 5.50. The molecule has 0 aliphatic heterocycles. The maximum atomic E-state index is 10.7. The first-order valence-corrected chi connectivity index (χ1v) is 14.3. The van der Waals surface area contributed by atoms with Crippen molar-refractivity contribution >= 4 is 0 Å². The van der Waals surface area contributed by atoms with E-state index in [4.69, 9.17) is 19.3 Å². The molecule has 0 saturated carbocycles. The summed E-state index contributed by atoms with van der Waals surface area (Å²) < 4.78 is 18.1. The first-order valence-electron chi connectivity index (χ1n) is 14.3. The van der Waals surface area contributed by atoms with Gasteiger partial charge in [0.05, 0.1) is 18.8 Å². The minimum atomic E-state index is -0.655. The van der Waals surface area contributed by atoms with E-state index >= 15 is 0 Å². The van der Waals surface area contributed by atoms with Crippen molar-refractivity contribution in [2.45, 2.75) is 99.2 Å². The average molecular weight is 545 g/mol. The second kappa shape index (κ2) is 13.9. The third-order valence-corrected chi connectivity index (χ3v) is 7.78. The lowest BCUT2D eigenvalue weighted by Gasteiger charge is -2.34. The van der Waals surface area contributed by atoms with Gasteiger partial charge in [0.15, 0.2) is 11.5 Å². The predicted octanol–water partition coefficient (Wildman–Crippen LogP) is 6.43. The minimum Gasteiger partial charge on any atom is -0.493 e. The lowest BCUT2D eigenvalue weighted by molar-refractivity contribution is 0.0136. The normalized spacial score (nSPS) is 14.2. The second-order valence-corrected chi connectivity index (χ2v) is 12.7. The van der Waals surface area contributed by atoms with Gasteiger partial charge in [-0.25, -0.2) is 0 Å². The first-order chi connectivity index (χ1) is 18.2. The molecule has 0 bridgehead atoms. The molecule has 6 nitrogen and oxygen atoms in total. The SMILES string of the molecule is CCC(CC)(c1ccc(OCCCO)c(C)c1)c1ccc(OCC(O)C(C)(C)C)c(OCC(O)C(C)(C)C)c1. The van der Waals surface area contributed by atoms with E-state index < -0.39 is 12.2 Å². The molecule has 2 unspecified atom stereocenters. The molecule has 39 heavy (non-hydrogen) atoms. The zero-order chi connectivity index (χ0) is 29.4. The van der Waals surface area contributed by atoms with Gasteiger partial charge in [-0.05, 0) is 65.5 Å². The standard InChI is InChI=1S/C33H52O6/c1-10-33(11-2,24-13-15-26(23(3)19-24)37-18-12-17-34)25-14-16-27(38-21-29(35)31(4,5)6)28(20-25)39-22-30(36)32(7,8)9/h13-16,19-20,29-30,34-36H,10-12,17-18,21-22H2,1-9H3. The van der Waals surface area contributed by atoms with Crippen molar-refractivity contribution in [2.24, 2.45) is 10.8 Å². The topological polar surface area (TPSA) is 88.4 Å². The summed E-state index contributed by atoms with van der Waals surface area (Å²) in [5, 5.41) is 30.3. The number of aryl methyl sites for hydroxylation is 1. The summed E-state index contributed by atoms with van der Waals surface area (Å²) >= 11 is 0. The molecule has 2 aromatic rings. The van der Waals surface area contributed by atoms with Crippen molar-refractivity contribution < 1.29 is 29.5 Å². The van der Waals surface area contributed by atoms with Crippen LogP contribution in [0, 0.1) is 17.8 Å². The Bertz CT molecular complexity index is 1030. The van der Waals surface area contributed by atoms with Crippen LogP contribution in [0.2, 0.25) is 0 Å².